The third-order valence-electron chi connectivity index (χ3n) is 2.08. The summed E-state index contributed by atoms with van der Waals surface area (Å²) in [5.41, 5.74) is 0.414. The minimum absolute atomic E-state index is 0.174. The third kappa shape index (κ3) is 5.31. The van der Waals surface area contributed by atoms with Gasteiger partial charge in [-0.05, 0) is 50.1 Å². The number of thiophene rings is 1. The second kappa shape index (κ2) is 6.00. The molecular formula is C13H19NO3S. The molecule has 0 unspecified atom stereocenters. The first-order valence-electron chi connectivity index (χ1n) is 5.81. The molecule has 0 radical (unpaired) electrons. The van der Waals surface area contributed by atoms with Gasteiger partial charge in [0.15, 0.2) is 0 Å². The molecule has 18 heavy (non-hydrogen) atoms. The van der Waals surface area contributed by atoms with Crippen LogP contribution in [0.4, 0.5) is 0 Å². The summed E-state index contributed by atoms with van der Waals surface area (Å²) >= 11 is 1.54. The van der Waals surface area contributed by atoms with Gasteiger partial charge < -0.3 is 10.1 Å². The van der Waals surface area contributed by atoms with Crippen LogP contribution in [0.1, 0.15) is 33.3 Å². The van der Waals surface area contributed by atoms with Gasteiger partial charge in [0.25, 0.3) is 0 Å². The lowest BCUT2D eigenvalue weighted by molar-refractivity contribution is -0.158. The first-order chi connectivity index (χ1) is 8.28. The van der Waals surface area contributed by atoms with E-state index in [1.54, 1.807) is 39.0 Å². The zero-order valence-corrected chi connectivity index (χ0v) is 12.0. The van der Waals surface area contributed by atoms with E-state index in [4.69, 9.17) is 4.74 Å². The highest BCUT2D eigenvalue weighted by atomic mass is 32.1. The molecule has 1 rings (SSSR count). The lowest BCUT2D eigenvalue weighted by Gasteiger charge is -2.22. The second-order valence-electron chi connectivity index (χ2n) is 5.13. The van der Waals surface area contributed by atoms with E-state index in [0.29, 0.717) is 0 Å². The molecule has 0 bridgehead atoms. The van der Waals surface area contributed by atoms with Crippen molar-refractivity contribution in [3.63, 3.8) is 0 Å². The molecule has 100 valence electrons. The molecule has 1 aromatic heterocycles. The standard InChI is InChI=1S/C13H19NO3S/c1-9(12(16)17-13(2,3)4)14-11(15)7-10-5-6-18-8-10/h5-6,8-9H,7H2,1-4H3,(H,14,15)/t9-/m1/s1. The predicted molar refractivity (Wildman–Crippen MR) is 71.5 cm³/mol. The molecule has 0 aromatic carbocycles. The Morgan fingerprint density at radius 2 is 2.11 bits per heavy atom. The van der Waals surface area contributed by atoms with E-state index in [0.717, 1.165) is 5.56 Å². The van der Waals surface area contributed by atoms with Gasteiger partial charge in [-0.25, -0.2) is 4.79 Å². The summed E-state index contributed by atoms with van der Waals surface area (Å²) in [7, 11) is 0. The minimum atomic E-state index is -0.629. The van der Waals surface area contributed by atoms with Crippen LogP contribution in [-0.4, -0.2) is 23.5 Å². The van der Waals surface area contributed by atoms with Gasteiger partial charge in [-0.2, -0.15) is 11.3 Å². The van der Waals surface area contributed by atoms with Crippen LogP contribution in [0.25, 0.3) is 0 Å². The molecule has 1 N–H and O–H groups in total. The van der Waals surface area contributed by atoms with E-state index < -0.39 is 17.6 Å². The fourth-order valence-corrected chi connectivity index (χ4v) is 1.99. The smallest absolute Gasteiger partial charge is 0.328 e. The van der Waals surface area contributed by atoms with Crippen LogP contribution in [0.5, 0.6) is 0 Å². The van der Waals surface area contributed by atoms with Crippen molar-refractivity contribution in [3.05, 3.63) is 22.4 Å². The van der Waals surface area contributed by atoms with Gasteiger partial charge in [-0.3, -0.25) is 4.79 Å². The number of esters is 1. The van der Waals surface area contributed by atoms with Crippen molar-refractivity contribution in [2.75, 3.05) is 0 Å². The molecule has 0 aliphatic heterocycles. The molecule has 0 spiro atoms. The Morgan fingerprint density at radius 1 is 1.44 bits per heavy atom. The molecule has 1 aromatic rings. The summed E-state index contributed by atoms with van der Waals surface area (Å²) in [5.74, 6) is -0.590. The maximum Gasteiger partial charge on any atom is 0.328 e. The quantitative estimate of drug-likeness (QED) is 0.852. The van der Waals surface area contributed by atoms with E-state index in [1.165, 1.54) is 0 Å². The van der Waals surface area contributed by atoms with E-state index >= 15 is 0 Å². The molecule has 0 aliphatic rings. The van der Waals surface area contributed by atoms with Crippen molar-refractivity contribution < 1.29 is 14.3 Å². The van der Waals surface area contributed by atoms with Gasteiger partial charge in [0.2, 0.25) is 5.91 Å². The Balaban J connectivity index is 2.42. The predicted octanol–water partition coefficient (Wildman–Crippen LogP) is 2.14. The van der Waals surface area contributed by atoms with Crippen molar-refractivity contribution in [2.45, 2.75) is 45.8 Å². The molecule has 0 aliphatic carbocycles. The largest absolute Gasteiger partial charge is 0.458 e. The number of nitrogens with one attached hydrogen (secondary N) is 1. The SMILES string of the molecule is C[C@@H](NC(=O)Cc1ccsc1)C(=O)OC(C)(C)C. The molecule has 1 atom stereocenters. The van der Waals surface area contributed by atoms with Gasteiger partial charge in [0, 0.05) is 0 Å². The Morgan fingerprint density at radius 3 is 2.61 bits per heavy atom. The summed E-state index contributed by atoms with van der Waals surface area (Å²) < 4.78 is 5.18. The van der Waals surface area contributed by atoms with Crippen LogP contribution in [-0.2, 0) is 20.7 Å². The number of hydrogen-bond acceptors (Lipinski definition) is 4. The summed E-state index contributed by atoms with van der Waals surface area (Å²) in [4.78, 5) is 23.3. The van der Waals surface area contributed by atoms with Crippen LogP contribution in [0.2, 0.25) is 0 Å². The average Bonchev–Trinajstić information content (AvgIpc) is 2.67. The first kappa shape index (κ1) is 14.7. The van der Waals surface area contributed by atoms with E-state index in [-0.39, 0.29) is 12.3 Å². The zero-order chi connectivity index (χ0) is 13.8. The van der Waals surface area contributed by atoms with Crippen LogP contribution < -0.4 is 5.32 Å². The second-order valence-corrected chi connectivity index (χ2v) is 5.91. The van der Waals surface area contributed by atoms with Gasteiger partial charge >= 0.3 is 5.97 Å². The lowest BCUT2D eigenvalue weighted by Crippen LogP contribution is -2.42. The lowest BCUT2D eigenvalue weighted by atomic mass is 10.2. The normalized spacial score (nSPS) is 12.9. The van der Waals surface area contributed by atoms with Crippen molar-refractivity contribution in [1.29, 1.82) is 0 Å². The fourth-order valence-electron chi connectivity index (χ4n) is 1.32. The first-order valence-corrected chi connectivity index (χ1v) is 6.75. The third-order valence-corrected chi connectivity index (χ3v) is 2.81. The van der Waals surface area contributed by atoms with Gasteiger partial charge in [0.05, 0.1) is 6.42 Å². The van der Waals surface area contributed by atoms with E-state index in [1.807, 2.05) is 16.8 Å². The van der Waals surface area contributed by atoms with Crippen molar-refractivity contribution >= 4 is 23.2 Å². The Bertz CT molecular complexity index is 406. The number of rotatable bonds is 4. The van der Waals surface area contributed by atoms with Crippen LogP contribution in [0, 0.1) is 0 Å². The molecule has 4 nitrogen and oxygen atoms in total. The number of hydrogen-bond donors (Lipinski definition) is 1. The molecule has 5 heteroatoms. The maximum atomic E-state index is 11.7. The number of carbonyl (C=O) groups excluding carboxylic acids is 2. The summed E-state index contributed by atoms with van der Waals surface area (Å²) in [6.07, 6.45) is 0.288. The van der Waals surface area contributed by atoms with Gasteiger partial charge in [-0.15, -0.1) is 0 Å². The number of ether oxygens (including phenoxy) is 1. The highest BCUT2D eigenvalue weighted by Crippen LogP contribution is 2.09. The molecular weight excluding hydrogens is 250 g/mol. The average molecular weight is 269 g/mol. The highest BCUT2D eigenvalue weighted by Gasteiger charge is 2.22. The van der Waals surface area contributed by atoms with Crippen molar-refractivity contribution in [2.24, 2.45) is 0 Å². The maximum absolute atomic E-state index is 11.7. The Kier molecular flexibility index (Phi) is 4.90. The van der Waals surface area contributed by atoms with Gasteiger partial charge in [-0.1, -0.05) is 0 Å². The summed E-state index contributed by atoms with van der Waals surface area (Å²) in [6, 6.07) is 1.26. The molecule has 1 amide bonds. The van der Waals surface area contributed by atoms with Crippen LogP contribution >= 0.6 is 11.3 Å². The van der Waals surface area contributed by atoms with E-state index in [9.17, 15) is 9.59 Å². The highest BCUT2D eigenvalue weighted by molar-refractivity contribution is 7.07. The molecule has 0 saturated carbocycles. The Labute approximate surface area is 111 Å². The van der Waals surface area contributed by atoms with Crippen LogP contribution in [0.15, 0.2) is 16.8 Å². The van der Waals surface area contributed by atoms with Crippen molar-refractivity contribution in [1.82, 2.24) is 5.32 Å². The monoisotopic (exact) mass is 269 g/mol. The topological polar surface area (TPSA) is 55.4 Å². The zero-order valence-electron chi connectivity index (χ0n) is 11.1. The number of carbonyl (C=O) groups is 2. The molecule has 0 saturated heterocycles. The molecule has 0 fully saturated rings. The number of amides is 1. The van der Waals surface area contributed by atoms with E-state index in [2.05, 4.69) is 5.32 Å². The summed E-state index contributed by atoms with van der Waals surface area (Å²) in [6.45, 7) is 7.01. The summed E-state index contributed by atoms with van der Waals surface area (Å²) in [5, 5.41) is 6.46. The fraction of sp³-hybridized carbons (Fsp3) is 0.538. The Hall–Kier alpha value is -1.36. The van der Waals surface area contributed by atoms with Gasteiger partial charge in [0.1, 0.15) is 11.6 Å². The minimum Gasteiger partial charge on any atom is -0.458 e. The van der Waals surface area contributed by atoms with Crippen LogP contribution in [0.3, 0.4) is 0 Å². The molecule has 1 heterocycles. The van der Waals surface area contributed by atoms with Crippen molar-refractivity contribution in [3.8, 4) is 0 Å².